The van der Waals surface area contributed by atoms with Crippen LogP contribution < -0.4 is 74.6 Å². The van der Waals surface area contributed by atoms with E-state index < -0.39 is 77.8 Å². The van der Waals surface area contributed by atoms with Crippen molar-refractivity contribution in [2.75, 3.05) is 18.9 Å². The van der Waals surface area contributed by atoms with Gasteiger partial charge < -0.3 is 70.2 Å². The smallest absolute Gasteiger partial charge is 0.756 e. The predicted molar refractivity (Wildman–Crippen MR) is 117 cm³/mol. The molecule has 1 aliphatic heterocycles. The number of anilines is 1. The number of imidazole rings is 1. The number of rotatable bonds is 11. The van der Waals surface area contributed by atoms with Crippen molar-refractivity contribution in [2.24, 2.45) is 0 Å². The van der Waals surface area contributed by atoms with Gasteiger partial charge in [0.15, 0.2) is 24.0 Å². The van der Waals surface area contributed by atoms with E-state index in [-0.39, 0.29) is 82.4 Å². The molecule has 10 atom stereocenters. The first-order chi connectivity index (χ1) is 18.0. The molecule has 0 aromatic carbocycles. The zero-order chi connectivity index (χ0) is 29.7. The normalized spacial score (nSPS) is 26.1. The van der Waals surface area contributed by atoms with Crippen molar-refractivity contribution in [3.63, 3.8) is 0 Å². The number of fused-ring (bicyclic) bond motifs is 1. The summed E-state index contributed by atoms with van der Waals surface area (Å²) < 4.78 is 36.1. The molecule has 0 spiro atoms. The van der Waals surface area contributed by atoms with Crippen molar-refractivity contribution in [2.45, 2.75) is 49.0 Å². The molecule has 2 aromatic rings. The number of carbonyl (C=O) groups is 1. The number of aliphatic hydroxyl groups is 7. The second-order valence-corrected chi connectivity index (χ2v) is 10.5. The number of phosphoric ester groups is 1. The summed E-state index contributed by atoms with van der Waals surface area (Å²) >= 11 is 0. The molecule has 3 heterocycles. The molecule has 2 aromatic heterocycles. The van der Waals surface area contributed by atoms with Crippen LogP contribution in [-0.4, -0.2) is 122 Å². The van der Waals surface area contributed by atoms with E-state index in [2.05, 4.69) is 23.8 Å². The van der Waals surface area contributed by atoms with Gasteiger partial charge in [-0.3, -0.25) is 13.7 Å². The van der Waals surface area contributed by atoms with Crippen LogP contribution in [0.1, 0.15) is 6.23 Å². The molecule has 25 heteroatoms. The van der Waals surface area contributed by atoms with Crippen molar-refractivity contribution in [1.82, 2.24) is 19.5 Å². The Morgan fingerprint density at radius 2 is 1.71 bits per heavy atom. The van der Waals surface area contributed by atoms with Gasteiger partial charge in [0.2, 0.25) is 0 Å². The maximum absolute atomic E-state index is 11.3. The van der Waals surface area contributed by atoms with Gasteiger partial charge in [-0.25, -0.2) is 19.3 Å². The molecule has 3 rings (SSSR count). The zero-order valence-electron chi connectivity index (χ0n) is 21.4. The van der Waals surface area contributed by atoms with Gasteiger partial charge in [-0.15, -0.1) is 0 Å². The monoisotopic (exact) mass is 651 g/mol. The number of nitrogen functional groups attached to an aromatic ring is 1. The maximum atomic E-state index is 11.3. The fourth-order valence-corrected chi connectivity index (χ4v) is 4.61. The van der Waals surface area contributed by atoms with Crippen LogP contribution in [0.5, 0.6) is 0 Å². The number of hydrogen-bond acceptors (Lipinski definition) is 19. The Balaban J connectivity index is 0.000000980. The van der Waals surface area contributed by atoms with Crippen molar-refractivity contribution in [1.29, 1.82) is 0 Å². The van der Waals surface area contributed by atoms with Crippen LogP contribution in [0.15, 0.2) is 12.7 Å². The molecule has 21 nitrogen and oxygen atoms in total. The second kappa shape index (κ2) is 17.4. The summed E-state index contributed by atoms with van der Waals surface area (Å²) in [7, 11) is -11.0. The molecule has 1 fully saturated rings. The Kier molecular flexibility index (Phi) is 17.4. The first-order valence-corrected chi connectivity index (χ1v) is 13.4. The molecule has 222 valence electrons. The van der Waals surface area contributed by atoms with Gasteiger partial charge >= 0.3 is 59.1 Å². The number of ether oxygens (including phenoxy) is 1. The number of aromatic nitrogens is 4. The van der Waals surface area contributed by atoms with Gasteiger partial charge in [0.1, 0.15) is 54.6 Å². The molecule has 6 unspecified atom stereocenters. The van der Waals surface area contributed by atoms with Crippen LogP contribution >= 0.6 is 15.6 Å². The number of hydrogen-bond donors (Lipinski definition) is 9. The van der Waals surface area contributed by atoms with E-state index in [4.69, 9.17) is 40.9 Å². The number of aldehydes is 1. The minimum atomic E-state index is -5.60. The Morgan fingerprint density at radius 1 is 1.10 bits per heavy atom. The van der Waals surface area contributed by atoms with Crippen LogP contribution in [0.2, 0.25) is 0 Å². The number of aliphatic hydroxyl groups excluding tert-OH is 7. The molecule has 0 bridgehead atoms. The van der Waals surface area contributed by atoms with E-state index in [9.17, 15) is 33.9 Å². The largest absolute Gasteiger partial charge is 1.00 e. The first-order valence-electron chi connectivity index (χ1n) is 10.5. The van der Waals surface area contributed by atoms with Crippen molar-refractivity contribution in [3.05, 3.63) is 12.7 Å². The van der Waals surface area contributed by atoms with Crippen LogP contribution in [-0.2, 0) is 27.5 Å². The summed E-state index contributed by atoms with van der Waals surface area (Å²) in [5, 5.41) is 63.8. The number of phosphoric acid groups is 2. The molecule has 0 amide bonds. The summed E-state index contributed by atoms with van der Waals surface area (Å²) in [5.74, 6) is 0.0714. The minimum Gasteiger partial charge on any atom is -0.756 e. The Bertz CT molecular complexity index is 1210. The Hall–Kier alpha value is -0.0400. The van der Waals surface area contributed by atoms with Crippen molar-refractivity contribution >= 4 is 38.9 Å². The molecule has 10 N–H and O–H groups in total. The van der Waals surface area contributed by atoms with E-state index >= 15 is 0 Å². The topological polar surface area (TPSA) is 356 Å². The Labute approximate surface area is 274 Å². The van der Waals surface area contributed by atoms with Crippen LogP contribution in [0.25, 0.3) is 11.2 Å². The van der Waals surface area contributed by atoms with E-state index in [1.807, 2.05) is 0 Å². The molecule has 1 saturated heterocycles. The third kappa shape index (κ3) is 11.4. The molecular weight excluding hydrogens is 626 g/mol. The maximum Gasteiger partial charge on any atom is 1.00 e. The van der Waals surface area contributed by atoms with Crippen LogP contribution in [0.3, 0.4) is 0 Å². The summed E-state index contributed by atoms with van der Waals surface area (Å²) in [4.78, 5) is 51.8. The van der Waals surface area contributed by atoms with Crippen molar-refractivity contribution in [3.8, 4) is 0 Å². The van der Waals surface area contributed by atoms with Gasteiger partial charge in [-0.2, -0.15) is 0 Å². The van der Waals surface area contributed by atoms with Gasteiger partial charge in [0.25, 0.3) is 15.6 Å². The summed E-state index contributed by atoms with van der Waals surface area (Å²) in [6.45, 7) is -1.66. The van der Waals surface area contributed by atoms with Gasteiger partial charge in [-0.05, 0) is 0 Å². The number of carbonyl (C=O) groups excluding carboxylic acids is 1. The van der Waals surface area contributed by atoms with E-state index in [0.29, 0.717) is 0 Å². The zero-order valence-corrected chi connectivity index (χ0v) is 27.2. The molecule has 41 heavy (non-hydrogen) atoms. The van der Waals surface area contributed by atoms with Gasteiger partial charge in [0.05, 0.1) is 19.5 Å². The Morgan fingerprint density at radius 3 is 2.24 bits per heavy atom. The van der Waals surface area contributed by atoms with Crippen LogP contribution in [0, 0.1) is 0 Å². The van der Waals surface area contributed by atoms with E-state index in [1.54, 1.807) is 0 Å². The second-order valence-electron chi connectivity index (χ2n) is 7.78. The molecular formula is C16H25N5Na2O16P2. The third-order valence-corrected chi connectivity index (χ3v) is 7.11. The van der Waals surface area contributed by atoms with Crippen molar-refractivity contribution < 1.29 is 137 Å². The summed E-state index contributed by atoms with van der Waals surface area (Å²) in [5.41, 5.74) is 6.06. The minimum absolute atomic E-state index is 0. The molecule has 0 aliphatic carbocycles. The van der Waals surface area contributed by atoms with Gasteiger partial charge in [0, 0.05) is 0 Å². The average molecular weight is 651 g/mol. The third-order valence-electron chi connectivity index (χ3n) is 5.02. The molecule has 0 saturated carbocycles. The van der Waals surface area contributed by atoms with E-state index in [1.165, 1.54) is 10.9 Å². The number of nitrogens with zero attached hydrogens (tertiary/aromatic N) is 4. The van der Waals surface area contributed by atoms with Crippen LogP contribution in [0.4, 0.5) is 5.82 Å². The van der Waals surface area contributed by atoms with E-state index in [0.717, 1.165) is 6.33 Å². The standard InChI is InChI=1S/C10H15N5O10P2.C6H12O6.2Na/c11-8-5-9(13-2-12-8)15(3-14-5)10-7(17)6(16)4(24-10)1-23-27(21,22)25-26(18,19)20;7-1-3(9)5(11)6(12)4(10)2-8;;/h2-4,6-7,10,16-17H,1H2,(H,21,22)(H2,11,12,13)(H2,18,19,20);1,3-6,8-12H,2H2;;/q;;2*+1/p-2/t4-,6-,7-,10-;;;/m1.../s1. The van der Waals surface area contributed by atoms with Gasteiger partial charge in [-0.1, -0.05) is 0 Å². The summed E-state index contributed by atoms with van der Waals surface area (Å²) in [6.07, 6.45) is -10.2. The molecule has 1 aliphatic rings. The fraction of sp³-hybridized carbons (Fsp3) is 0.625. The molecule has 0 radical (unpaired) electrons. The number of nitrogens with two attached hydrogens (primary N) is 1. The predicted octanol–water partition coefficient (Wildman–Crippen LogP) is -12.4. The fourth-order valence-electron chi connectivity index (χ4n) is 3.09. The average Bonchev–Trinajstić information content (AvgIpc) is 3.41. The first kappa shape index (κ1) is 41.0. The summed E-state index contributed by atoms with van der Waals surface area (Å²) in [6, 6.07) is 0. The SMILES string of the molecule is Nc1ncnc2c1ncn2[C@@H]1O[C@H](COP(=O)([O-])OP(=O)([O-])O)[C@@H](O)[C@H]1O.O=CC(O)C(O)C(O)C(O)CO.[Na+].[Na+]. The quantitative estimate of drug-likeness (QED) is 0.0618.